The Morgan fingerprint density at radius 2 is 2.04 bits per heavy atom. The number of nitrogens with zero attached hydrogens (tertiary/aromatic N) is 2. The van der Waals surface area contributed by atoms with E-state index in [-0.39, 0.29) is 24.3 Å². The number of benzene rings is 1. The van der Waals surface area contributed by atoms with Crippen molar-refractivity contribution in [2.24, 2.45) is 0 Å². The molecule has 0 aliphatic carbocycles. The minimum absolute atomic E-state index is 0.0430. The van der Waals surface area contributed by atoms with E-state index in [0.717, 1.165) is 11.3 Å². The van der Waals surface area contributed by atoms with Crippen molar-refractivity contribution in [1.82, 2.24) is 9.78 Å². The van der Waals surface area contributed by atoms with E-state index in [2.05, 4.69) is 10.4 Å². The molecule has 6 heteroatoms. The summed E-state index contributed by atoms with van der Waals surface area (Å²) in [6, 6.07) is 9.11. The van der Waals surface area contributed by atoms with Crippen LogP contribution < -0.4 is 5.32 Å². The summed E-state index contributed by atoms with van der Waals surface area (Å²) in [5.41, 5.74) is 1.50. The van der Waals surface area contributed by atoms with Crippen LogP contribution in [-0.2, 0) is 23.2 Å². The molecule has 1 heterocycles. The van der Waals surface area contributed by atoms with Crippen molar-refractivity contribution in [3.8, 4) is 0 Å². The van der Waals surface area contributed by atoms with Crippen LogP contribution in [0.1, 0.15) is 32.0 Å². The van der Waals surface area contributed by atoms with Gasteiger partial charge >= 0.3 is 0 Å². The molecule has 124 valence electrons. The van der Waals surface area contributed by atoms with Crippen LogP contribution in [-0.4, -0.2) is 27.4 Å². The lowest BCUT2D eigenvalue weighted by atomic mass is 9.92. The van der Waals surface area contributed by atoms with Crippen LogP contribution in [0.25, 0.3) is 0 Å². The summed E-state index contributed by atoms with van der Waals surface area (Å²) in [6.45, 7) is 6.44. The summed E-state index contributed by atoms with van der Waals surface area (Å²) in [5, 5.41) is 17.1. The molecular formula is C17H22ClN3O2. The Morgan fingerprint density at radius 3 is 2.65 bits per heavy atom. The lowest BCUT2D eigenvalue weighted by Crippen LogP contribution is -2.18. The predicted octanol–water partition coefficient (Wildman–Crippen LogP) is 3.01. The summed E-state index contributed by atoms with van der Waals surface area (Å²) >= 11 is 6.09. The fourth-order valence-corrected chi connectivity index (χ4v) is 2.35. The van der Waals surface area contributed by atoms with E-state index >= 15 is 0 Å². The SMILES string of the molecule is CC(C)(C)c1cc(NC(=O)Cc2ccccc2Cl)n(CCO)n1. The predicted molar refractivity (Wildman–Crippen MR) is 91.8 cm³/mol. The van der Waals surface area contributed by atoms with Crippen LogP contribution in [0.2, 0.25) is 5.02 Å². The van der Waals surface area contributed by atoms with E-state index in [9.17, 15) is 9.90 Å². The lowest BCUT2D eigenvalue weighted by Gasteiger charge is -2.13. The van der Waals surface area contributed by atoms with Crippen LogP contribution in [0.3, 0.4) is 0 Å². The average molecular weight is 336 g/mol. The molecule has 5 nitrogen and oxygen atoms in total. The van der Waals surface area contributed by atoms with Crippen molar-refractivity contribution < 1.29 is 9.90 Å². The molecular weight excluding hydrogens is 314 g/mol. The summed E-state index contributed by atoms with van der Waals surface area (Å²) in [5.74, 6) is 0.415. The van der Waals surface area contributed by atoms with Gasteiger partial charge in [0.25, 0.3) is 0 Å². The molecule has 0 aliphatic heterocycles. The Kier molecular flexibility index (Phi) is 5.44. The molecule has 0 atom stereocenters. The fraction of sp³-hybridized carbons (Fsp3) is 0.412. The first-order chi connectivity index (χ1) is 10.8. The monoisotopic (exact) mass is 335 g/mol. The number of aliphatic hydroxyl groups excluding tert-OH is 1. The second-order valence-corrected chi connectivity index (χ2v) is 6.84. The van der Waals surface area contributed by atoms with Crippen LogP contribution in [0, 0.1) is 0 Å². The highest BCUT2D eigenvalue weighted by molar-refractivity contribution is 6.31. The van der Waals surface area contributed by atoms with Gasteiger partial charge in [0.05, 0.1) is 25.3 Å². The second-order valence-electron chi connectivity index (χ2n) is 6.43. The number of hydrogen-bond acceptors (Lipinski definition) is 3. The van der Waals surface area contributed by atoms with E-state index in [0.29, 0.717) is 17.4 Å². The molecule has 0 aliphatic rings. The molecule has 2 aromatic rings. The van der Waals surface area contributed by atoms with E-state index in [1.54, 1.807) is 10.7 Å². The minimum atomic E-state index is -0.169. The lowest BCUT2D eigenvalue weighted by molar-refractivity contribution is -0.115. The number of carbonyl (C=O) groups excluding carboxylic acids is 1. The van der Waals surface area contributed by atoms with E-state index < -0.39 is 0 Å². The van der Waals surface area contributed by atoms with Crippen LogP contribution in [0.5, 0.6) is 0 Å². The van der Waals surface area contributed by atoms with Crippen molar-refractivity contribution in [3.05, 3.63) is 46.6 Å². The number of halogens is 1. The van der Waals surface area contributed by atoms with Crippen molar-refractivity contribution in [3.63, 3.8) is 0 Å². The zero-order valence-electron chi connectivity index (χ0n) is 13.6. The molecule has 0 saturated heterocycles. The van der Waals surface area contributed by atoms with Crippen molar-refractivity contribution in [2.45, 2.75) is 39.2 Å². The minimum Gasteiger partial charge on any atom is -0.394 e. The van der Waals surface area contributed by atoms with Crippen LogP contribution in [0.15, 0.2) is 30.3 Å². The van der Waals surface area contributed by atoms with Gasteiger partial charge in [-0.3, -0.25) is 4.79 Å². The molecule has 0 bridgehead atoms. The molecule has 1 aromatic carbocycles. The normalized spacial score (nSPS) is 11.5. The van der Waals surface area contributed by atoms with Crippen LogP contribution >= 0.6 is 11.6 Å². The average Bonchev–Trinajstić information content (AvgIpc) is 2.85. The van der Waals surface area contributed by atoms with E-state index in [4.69, 9.17) is 11.6 Å². The maximum atomic E-state index is 12.3. The number of aromatic nitrogens is 2. The zero-order valence-corrected chi connectivity index (χ0v) is 14.4. The molecule has 1 aromatic heterocycles. The number of rotatable bonds is 5. The highest BCUT2D eigenvalue weighted by Crippen LogP contribution is 2.24. The van der Waals surface area contributed by atoms with Gasteiger partial charge < -0.3 is 10.4 Å². The topological polar surface area (TPSA) is 67.2 Å². The summed E-state index contributed by atoms with van der Waals surface area (Å²) in [4.78, 5) is 12.3. The van der Waals surface area contributed by atoms with Gasteiger partial charge in [0.2, 0.25) is 5.91 Å². The quantitative estimate of drug-likeness (QED) is 0.882. The highest BCUT2D eigenvalue weighted by atomic mass is 35.5. The zero-order chi connectivity index (χ0) is 17.0. The number of amides is 1. The van der Waals surface area contributed by atoms with Crippen molar-refractivity contribution in [2.75, 3.05) is 11.9 Å². The van der Waals surface area contributed by atoms with Crippen molar-refractivity contribution >= 4 is 23.3 Å². The first kappa shape index (κ1) is 17.5. The van der Waals surface area contributed by atoms with Gasteiger partial charge in [-0.15, -0.1) is 0 Å². The number of carbonyl (C=O) groups is 1. The Hall–Kier alpha value is -1.85. The van der Waals surface area contributed by atoms with Gasteiger partial charge in [-0.05, 0) is 11.6 Å². The first-order valence-corrected chi connectivity index (χ1v) is 7.91. The highest BCUT2D eigenvalue weighted by Gasteiger charge is 2.20. The molecule has 0 unspecified atom stereocenters. The summed E-state index contributed by atoms with van der Waals surface area (Å²) < 4.78 is 1.62. The van der Waals surface area contributed by atoms with E-state index in [1.807, 2.05) is 45.0 Å². The molecule has 2 N–H and O–H groups in total. The van der Waals surface area contributed by atoms with Gasteiger partial charge in [-0.1, -0.05) is 50.6 Å². The molecule has 2 rings (SSSR count). The Bertz CT molecular complexity index is 689. The van der Waals surface area contributed by atoms with E-state index in [1.165, 1.54) is 0 Å². The van der Waals surface area contributed by atoms with Gasteiger partial charge in [0.1, 0.15) is 5.82 Å². The molecule has 1 amide bonds. The first-order valence-electron chi connectivity index (χ1n) is 7.53. The Balaban J connectivity index is 2.16. The standard InChI is InChI=1S/C17H22ClN3O2/c1-17(2,3)14-11-15(21(20-14)8-9-22)19-16(23)10-12-6-4-5-7-13(12)18/h4-7,11,22H,8-10H2,1-3H3,(H,19,23). The van der Waals surface area contributed by atoms with Crippen molar-refractivity contribution in [1.29, 1.82) is 0 Å². The van der Waals surface area contributed by atoms with Gasteiger partial charge in [0, 0.05) is 16.5 Å². The second kappa shape index (κ2) is 7.15. The van der Waals surface area contributed by atoms with Gasteiger partial charge in [-0.25, -0.2) is 4.68 Å². The molecule has 0 spiro atoms. The third-order valence-corrected chi connectivity index (χ3v) is 3.81. The maximum Gasteiger partial charge on any atom is 0.229 e. The summed E-state index contributed by atoms with van der Waals surface area (Å²) in [6.07, 6.45) is 0.189. The molecule has 0 radical (unpaired) electrons. The van der Waals surface area contributed by atoms with Gasteiger partial charge in [-0.2, -0.15) is 5.10 Å². The maximum absolute atomic E-state index is 12.3. The fourth-order valence-electron chi connectivity index (χ4n) is 2.15. The Labute approximate surface area is 141 Å². The Morgan fingerprint density at radius 1 is 1.35 bits per heavy atom. The summed E-state index contributed by atoms with van der Waals surface area (Å²) in [7, 11) is 0. The number of anilines is 1. The molecule has 0 fully saturated rings. The smallest absolute Gasteiger partial charge is 0.229 e. The molecule has 23 heavy (non-hydrogen) atoms. The molecule has 0 saturated carbocycles. The third-order valence-electron chi connectivity index (χ3n) is 3.44. The number of nitrogens with one attached hydrogen (secondary N) is 1. The van der Waals surface area contributed by atoms with Gasteiger partial charge in [0.15, 0.2) is 0 Å². The number of hydrogen-bond donors (Lipinski definition) is 2. The van der Waals surface area contributed by atoms with Crippen LogP contribution in [0.4, 0.5) is 5.82 Å². The third kappa shape index (κ3) is 4.56. The number of aliphatic hydroxyl groups is 1. The largest absolute Gasteiger partial charge is 0.394 e.